The molecule has 2 heterocycles. The number of hydrogen-bond acceptors (Lipinski definition) is 7. The van der Waals surface area contributed by atoms with Crippen molar-refractivity contribution in [2.24, 2.45) is 0 Å². The number of benzene rings is 2. The molecule has 4 rings (SSSR count). The maximum Gasteiger partial charge on any atom is 0.293 e. The molecule has 9 nitrogen and oxygen atoms in total. The van der Waals surface area contributed by atoms with Crippen molar-refractivity contribution >= 4 is 40.8 Å². The zero-order chi connectivity index (χ0) is 22.5. The molecule has 0 unspecified atom stereocenters. The Hall–Kier alpha value is -3.79. The van der Waals surface area contributed by atoms with Crippen LogP contribution < -0.4 is 20.1 Å². The lowest BCUT2D eigenvalue weighted by molar-refractivity contribution is -0.124. The summed E-state index contributed by atoms with van der Waals surface area (Å²) in [5.41, 5.74) is 1.16. The average Bonchev–Trinajstić information content (AvgIpc) is 3.37. The molecule has 0 radical (unpaired) electrons. The summed E-state index contributed by atoms with van der Waals surface area (Å²) in [6.07, 6.45) is 1.62. The Bertz CT molecular complexity index is 1100. The Morgan fingerprint density at radius 1 is 1.03 bits per heavy atom. The van der Waals surface area contributed by atoms with Crippen LogP contribution in [0.4, 0.5) is 4.79 Å². The van der Waals surface area contributed by atoms with Gasteiger partial charge in [-0.15, -0.1) is 0 Å². The van der Waals surface area contributed by atoms with Gasteiger partial charge >= 0.3 is 0 Å². The van der Waals surface area contributed by atoms with Crippen LogP contribution in [-0.2, 0) is 9.59 Å². The first-order valence-corrected chi connectivity index (χ1v) is 10.6. The summed E-state index contributed by atoms with van der Waals surface area (Å²) in [6.45, 7) is 0.0491. The quantitative estimate of drug-likeness (QED) is 0.617. The summed E-state index contributed by atoms with van der Waals surface area (Å²) < 4.78 is 10.6. The van der Waals surface area contributed by atoms with Gasteiger partial charge in [-0.1, -0.05) is 24.3 Å². The van der Waals surface area contributed by atoms with Crippen LogP contribution in [0.25, 0.3) is 6.08 Å². The highest BCUT2D eigenvalue weighted by Crippen LogP contribution is 2.36. The maximum atomic E-state index is 12.6. The van der Waals surface area contributed by atoms with Gasteiger partial charge < -0.3 is 20.1 Å². The first kappa shape index (κ1) is 21.4. The fourth-order valence-electron chi connectivity index (χ4n) is 3.07. The highest BCUT2D eigenvalue weighted by Gasteiger charge is 2.34. The second-order valence-electron chi connectivity index (χ2n) is 6.84. The molecular formula is C22H19N3O6S. The number of amides is 4. The van der Waals surface area contributed by atoms with E-state index in [2.05, 4.69) is 10.6 Å². The monoisotopic (exact) mass is 453 g/mol. The minimum atomic E-state index is -0.427. The van der Waals surface area contributed by atoms with E-state index in [4.69, 9.17) is 9.47 Å². The molecular weight excluding hydrogens is 434 g/mol. The van der Waals surface area contributed by atoms with Crippen LogP contribution in [-0.4, -0.2) is 54.3 Å². The Kier molecular flexibility index (Phi) is 6.41. The van der Waals surface area contributed by atoms with Crippen LogP contribution in [0, 0.1) is 0 Å². The first-order chi connectivity index (χ1) is 15.5. The number of nitrogens with zero attached hydrogens (tertiary/aromatic N) is 1. The number of hydrogen-bond donors (Lipinski definition) is 2. The molecule has 0 spiro atoms. The van der Waals surface area contributed by atoms with Gasteiger partial charge in [0.1, 0.15) is 0 Å². The van der Waals surface area contributed by atoms with E-state index in [-0.39, 0.29) is 37.2 Å². The fraction of sp³-hybridized carbons (Fsp3) is 0.182. The van der Waals surface area contributed by atoms with Gasteiger partial charge in [0.2, 0.25) is 12.7 Å². The average molecular weight is 453 g/mol. The summed E-state index contributed by atoms with van der Waals surface area (Å²) in [5.74, 6) is 0.00722. The van der Waals surface area contributed by atoms with Gasteiger partial charge in [0.15, 0.2) is 11.5 Å². The minimum absolute atomic E-state index is 0.0293. The molecule has 2 aliphatic rings. The number of carbonyl (C=O) groups is 4. The van der Waals surface area contributed by atoms with Gasteiger partial charge in [-0.3, -0.25) is 24.1 Å². The molecule has 2 N–H and O–H groups in total. The molecule has 32 heavy (non-hydrogen) atoms. The summed E-state index contributed by atoms with van der Waals surface area (Å²) in [5, 5.41) is 4.70. The van der Waals surface area contributed by atoms with Crippen LogP contribution in [0.15, 0.2) is 53.4 Å². The fourth-order valence-corrected chi connectivity index (χ4v) is 3.93. The van der Waals surface area contributed by atoms with Crippen molar-refractivity contribution in [3.8, 4) is 11.5 Å². The molecule has 0 aliphatic carbocycles. The van der Waals surface area contributed by atoms with Crippen LogP contribution in [0.2, 0.25) is 0 Å². The van der Waals surface area contributed by atoms with Gasteiger partial charge in [0.05, 0.1) is 11.4 Å². The normalized spacial score (nSPS) is 15.9. The summed E-state index contributed by atoms with van der Waals surface area (Å²) >= 11 is 0.837. The molecule has 0 saturated carbocycles. The van der Waals surface area contributed by atoms with E-state index in [1.165, 1.54) is 0 Å². The molecule has 2 aromatic carbocycles. The largest absolute Gasteiger partial charge is 0.454 e. The zero-order valence-corrected chi connectivity index (χ0v) is 17.6. The second kappa shape index (κ2) is 9.56. The second-order valence-corrected chi connectivity index (χ2v) is 7.84. The van der Waals surface area contributed by atoms with E-state index in [0.717, 1.165) is 16.7 Å². The van der Waals surface area contributed by atoms with E-state index >= 15 is 0 Å². The zero-order valence-electron chi connectivity index (χ0n) is 16.8. The standard InChI is InChI=1S/C22H19N3O6S/c26-19(12-24-20(27)15-4-2-1-3-5-15)23-8-9-25-21(28)18(32-22(25)29)11-14-6-7-16-17(10-14)31-13-30-16/h1-7,10-11H,8-9,12-13H2,(H,23,26)(H,24,27)/b18-11-. The Balaban J connectivity index is 1.26. The topological polar surface area (TPSA) is 114 Å². The predicted octanol–water partition coefficient (Wildman–Crippen LogP) is 2.00. The first-order valence-electron chi connectivity index (χ1n) is 9.76. The molecule has 10 heteroatoms. The summed E-state index contributed by atoms with van der Waals surface area (Å²) in [4.78, 5) is 50.1. The highest BCUT2D eigenvalue weighted by molar-refractivity contribution is 8.18. The van der Waals surface area contributed by atoms with E-state index in [1.807, 2.05) is 0 Å². The van der Waals surface area contributed by atoms with Crippen molar-refractivity contribution in [3.63, 3.8) is 0 Å². The van der Waals surface area contributed by atoms with Crippen molar-refractivity contribution in [1.82, 2.24) is 15.5 Å². The summed E-state index contributed by atoms with van der Waals surface area (Å²) in [7, 11) is 0. The Morgan fingerprint density at radius 2 is 1.81 bits per heavy atom. The maximum absolute atomic E-state index is 12.6. The van der Waals surface area contributed by atoms with Crippen LogP contribution in [0.1, 0.15) is 15.9 Å². The molecule has 0 aromatic heterocycles. The number of rotatable bonds is 7. The Labute approximate surface area is 187 Å². The van der Waals surface area contributed by atoms with Crippen molar-refractivity contribution in [1.29, 1.82) is 0 Å². The lowest BCUT2D eigenvalue weighted by Crippen LogP contribution is -2.41. The number of fused-ring (bicyclic) bond motifs is 1. The van der Waals surface area contributed by atoms with Crippen LogP contribution >= 0.6 is 11.8 Å². The predicted molar refractivity (Wildman–Crippen MR) is 117 cm³/mol. The lowest BCUT2D eigenvalue weighted by Gasteiger charge is -2.13. The minimum Gasteiger partial charge on any atom is -0.454 e. The molecule has 2 aromatic rings. The van der Waals surface area contributed by atoms with Crippen LogP contribution in [0.3, 0.4) is 0 Å². The van der Waals surface area contributed by atoms with Crippen LogP contribution in [0.5, 0.6) is 11.5 Å². The SMILES string of the molecule is O=C(CNC(=O)c1ccccc1)NCCN1C(=O)S/C(=C\c2ccc3c(c2)OCO3)C1=O. The van der Waals surface area contributed by atoms with E-state index in [9.17, 15) is 19.2 Å². The van der Waals surface area contributed by atoms with Gasteiger partial charge in [-0.25, -0.2) is 0 Å². The third-order valence-corrected chi connectivity index (χ3v) is 5.58. The smallest absolute Gasteiger partial charge is 0.293 e. The number of ether oxygens (including phenoxy) is 2. The van der Waals surface area contributed by atoms with Crippen molar-refractivity contribution in [3.05, 3.63) is 64.6 Å². The third-order valence-electron chi connectivity index (χ3n) is 4.67. The number of thioether (sulfide) groups is 1. The van der Waals surface area contributed by atoms with E-state index in [1.54, 1.807) is 54.6 Å². The molecule has 4 amide bonds. The van der Waals surface area contributed by atoms with Crippen molar-refractivity contribution in [2.45, 2.75) is 0 Å². The van der Waals surface area contributed by atoms with Gasteiger partial charge in [0.25, 0.3) is 17.1 Å². The third kappa shape index (κ3) is 4.92. The van der Waals surface area contributed by atoms with Crippen molar-refractivity contribution in [2.75, 3.05) is 26.4 Å². The van der Waals surface area contributed by atoms with Crippen molar-refractivity contribution < 1.29 is 28.7 Å². The lowest BCUT2D eigenvalue weighted by atomic mass is 10.2. The molecule has 0 atom stereocenters. The molecule has 0 bridgehead atoms. The molecule has 164 valence electrons. The number of nitrogens with one attached hydrogen (secondary N) is 2. The molecule has 1 saturated heterocycles. The molecule has 2 aliphatic heterocycles. The molecule has 1 fully saturated rings. The highest BCUT2D eigenvalue weighted by atomic mass is 32.2. The van der Waals surface area contributed by atoms with E-state index < -0.39 is 17.1 Å². The van der Waals surface area contributed by atoms with E-state index in [0.29, 0.717) is 22.6 Å². The summed E-state index contributed by atoms with van der Waals surface area (Å²) in [6, 6.07) is 13.8. The van der Waals surface area contributed by atoms with Gasteiger partial charge in [-0.2, -0.15) is 0 Å². The number of imide groups is 1. The Morgan fingerprint density at radius 3 is 2.62 bits per heavy atom. The van der Waals surface area contributed by atoms with Gasteiger partial charge in [-0.05, 0) is 47.7 Å². The number of carbonyl (C=O) groups excluding carboxylic acids is 4. The van der Waals surface area contributed by atoms with Gasteiger partial charge in [0, 0.05) is 18.7 Å².